The van der Waals surface area contributed by atoms with Gasteiger partial charge >= 0.3 is 0 Å². The van der Waals surface area contributed by atoms with Crippen LogP contribution in [0.2, 0.25) is 0 Å². The Labute approximate surface area is 236 Å². The van der Waals surface area contributed by atoms with Crippen molar-refractivity contribution in [2.45, 2.75) is 17.6 Å². The lowest BCUT2D eigenvalue weighted by Gasteiger charge is -2.13. The number of rotatable bonds is 9. The molecule has 5 aromatic rings. The Balaban J connectivity index is 1.32. The molecule has 0 aliphatic heterocycles. The maximum absolute atomic E-state index is 13.4. The number of tetrazole rings is 1. The van der Waals surface area contributed by atoms with Crippen LogP contribution in [0.15, 0.2) is 120 Å². The number of benzene rings is 4. The molecule has 0 saturated heterocycles. The fraction of sp³-hybridized carbons (Fsp3) is 0.0645. The van der Waals surface area contributed by atoms with Gasteiger partial charge in [-0.3, -0.25) is 9.59 Å². The summed E-state index contributed by atoms with van der Waals surface area (Å²) in [4.78, 5) is 27.3. The zero-order valence-corrected chi connectivity index (χ0v) is 22.5. The van der Waals surface area contributed by atoms with E-state index in [1.807, 2.05) is 85.8 Å². The van der Waals surface area contributed by atoms with Crippen molar-refractivity contribution in [2.75, 3.05) is 5.32 Å². The molecule has 1 aromatic heterocycles. The number of hydrogen-bond acceptors (Lipinski definition) is 6. The molecule has 4 aromatic carbocycles. The summed E-state index contributed by atoms with van der Waals surface area (Å²) >= 11 is 1.55. The third kappa shape index (κ3) is 6.69. The number of carbonyl (C=O) groups is 2. The van der Waals surface area contributed by atoms with Crippen molar-refractivity contribution in [2.24, 2.45) is 0 Å². The first-order valence-electron chi connectivity index (χ1n) is 12.6. The molecule has 0 aliphatic rings. The van der Waals surface area contributed by atoms with Gasteiger partial charge in [-0.05, 0) is 77.0 Å². The Morgan fingerprint density at radius 3 is 2.38 bits per heavy atom. The molecule has 2 amide bonds. The molecule has 198 valence electrons. The van der Waals surface area contributed by atoms with Crippen LogP contribution in [-0.4, -0.2) is 32.0 Å². The third-order valence-corrected chi connectivity index (χ3v) is 7.00. The number of amides is 2. The van der Waals surface area contributed by atoms with E-state index in [-0.39, 0.29) is 11.6 Å². The molecule has 1 heterocycles. The fourth-order valence-corrected chi connectivity index (χ4v) is 4.78. The molecular formula is C31H26N6O2S. The minimum Gasteiger partial charge on any atom is -0.321 e. The number of hydrogen-bond donors (Lipinski definition) is 2. The summed E-state index contributed by atoms with van der Waals surface area (Å²) < 4.78 is 1.71. The lowest BCUT2D eigenvalue weighted by molar-refractivity contribution is -0.113. The van der Waals surface area contributed by atoms with E-state index in [4.69, 9.17) is 0 Å². The molecule has 2 N–H and O–H groups in total. The highest BCUT2D eigenvalue weighted by molar-refractivity contribution is 7.98. The number of anilines is 1. The van der Waals surface area contributed by atoms with Crippen molar-refractivity contribution in [1.82, 2.24) is 25.5 Å². The molecular weight excluding hydrogens is 520 g/mol. The van der Waals surface area contributed by atoms with Crippen molar-refractivity contribution in [1.29, 1.82) is 0 Å². The summed E-state index contributed by atoms with van der Waals surface area (Å²) in [5, 5.41) is 17.8. The molecule has 0 saturated carbocycles. The predicted molar refractivity (Wildman–Crippen MR) is 157 cm³/mol. The lowest BCUT2D eigenvalue weighted by atomic mass is 10.1. The van der Waals surface area contributed by atoms with Crippen LogP contribution in [0.5, 0.6) is 0 Å². The first-order valence-corrected chi connectivity index (χ1v) is 13.6. The summed E-state index contributed by atoms with van der Waals surface area (Å²) in [5.74, 6) is 0.446. The second-order valence-electron chi connectivity index (χ2n) is 8.85. The van der Waals surface area contributed by atoms with Crippen LogP contribution in [0.3, 0.4) is 0 Å². The van der Waals surface area contributed by atoms with Crippen molar-refractivity contribution < 1.29 is 9.59 Å². The monoisotopic (exact) mass is 546 g/mol. The van der Waals surface area contributed by atoms with Gasteiger partial charge in [0.15, 0.2) is 5.82 Å². The zero-order valence-electron chi connectivity index (χ0n) is 21.7. The van der Waals surface area contributed by atoms with Gasteiger partial charge in [0.05, 0.1) is 11.4 Å². The SMILES string of the molecule is Cc1ccccc1/C=C(\NC(=O)c1ccccc1)C(=O)Nc1cccc(SCc2nnnn2-c2ccccc2)c1. The van der Waals surface area contributed by atoms with Crippen molar-refractivity contribution in [3.05, 3.63) is 137 Å². The molecule has 0 atom stereocenters. The van der Waals surface area contributed by atoms with Gasteiger partial charge < -0.3 is 10.6 Å². The van der Waals surface area contributed by atoms with E-state index in [0.29, 0.717) is 22.8 Å². The maximum atomic E-state index is 13.4. The molecule has 5 rings (SSSR count). The van der Waals surface area contributed by atoms with Gasteiger partial charge in [-0.2, -0.15) is 4.68 Å². The molecule has 0 fully saturated rings. The van der Waals surface area contributed by atoms with Crippen molar-refractivity contribution >= 4 is 35.3 Å². The van der Waals surface area contributed by atoms with Crippen LogP contribution < -0.4 is 10.6 Å². The smallest absolute Gasteiger partial charge is 0.272 e. The number of carbonyl (C=O) groups excluding carboxylic acids is 2. The summed E-state index contributed by atoms with van der Waals surface area (Å²) in [6, 6.07) is 33.7. The summed E-state index contributed by atoms with van der Waals surface area (Å²) in [6.07, 6.45) is 1.69. The number of para-hydroxylation sites is 1. The highest BCUT2D eigenvalue weighted by Gasteiger charge is 2.16. The van der Waals surface area contributed by atoms with Crippen LogP contribution >= 0.6 is 11.8 Å². The largest absolute Gasteiger partial charge is 0.321 e. The molecule has 0 bridgehead atoms. The van der Waals surface area contributed by atoms with Crippen LogP contribution in [0.1, 0.15) is 27.3 Å². The van der Waals surface area contributed by atoms with Crippen LogP contribution in [0.4, 0.5) is 5.69 Å². The molecule has 9 heteroatoms. The normalized spacial score (nSPS) is 11.2. The predicted octanol–water partition coefficient (Wildman–Crippen LogP) is 5.67. The van der Waals surface area contributed by atoms with Gasteiger partial charge in [-0.15, -0.1) is 16.9 Å². The highest BCUT2D eigenvalue weighted by Crippen LogP contribution is 2.25. The second kappa shape index (κ2) is 12.7. The van der Waals surface area contributed by atoms with Gasteiger partial charge in [0.25, 0.3) is 11.8 Å². The number of aryl methyl sites for hydroxylation is 1. The van der Waals surface area contributed by atoms with E-state index in [2.05, 4.69) is 26.2 Å². The Bertz CT molecular complexity index is 1650. The van der Waals surface area contributed by atoms with Crippen LogP contribution in [-0.2, 0) is 10.5 Å². The molecule has 0 unspecified atom stereocenters. The van der Waals surface area contributed by atoms with Gasteiger partial charge in [0, 0.05) is 16.1 Å². The van der Waals surface area contributed by atoms with Crippen molar-refractivity contribution in [3.63, 3.8) is 0 Å². The fourth-order valence-electron chi connectivity index (χ4n) is 3.92. The number of nitrogens with zero attached hydrogens (tertiary/aromatic N) is 4. The van der Waals surface area contributed by atoms with Gasteiger partial charge in [0.1, 0.15) is 5.70 Å². The Morgan fingerprint density at radius 1 is 0.875 bits per heavy atom. The molecule has 40 heavy (non-hydrogen) atoms. The minimum atomic E-state index is -0.428. The first-order chi connectivity index (χ1) is 19.6. The molecule has 0 radical (unpaired) electrons. The standard InChI is InChI=1S/C31H26N6O2S/c1-22-11-8-9-14-24(22)19-28(33-30(38)23-12-4-2-5-13-23)31(39)32-25-15-10-18-27(20-25)40-21-29-34-35-36-37(29)26-16-6-3-7-17-26/h2-20H,21H2,1H3,(H,32,39)(H,33,38)/b28-19-. The number of aromatic nitrogens is 4. The summed E-state index contributed by atoms with van der Waals surface area (Å²) in [7, 11) is 0. The number of thioether (sulfide) groups is 1. The van der Waals surface area contributed by atoms with Crippen LogP contribution in [0, 0.1) is 6.92 Å². The van der Waals surface area contributed by atoms with E-state index >= 15 is 0 Å². The summed E-state index contributed by atoms with van der Waals surface area (Å²) in [5.41, 5.74) is 3.90. The maximum Gasteiger partial charge on any atom is 0.272 e. The zero-order chi connectivity index (χ0) is 27.7. The Hall–Kier alpha value is -5.02. The first kappa shape index (κ1) is 26.6. The van der Waals surface area contributed by atoms with Gasteiger partial charge in [-0.1, -0.05) is 66.7 Å². The molecule has 0 aliphatic carbocycles. The van der Waals surface area contributed by atoms with Gasteiger partial charge in [-0.25, -0.2) is 0 Å². The van der Waals surface area contributed by atoms with Crippen LogP contribution in [0.25, 0.3) is 11.8 Å². The van der Waals surface area contributed by atoms with E-state index in [9.17, 15) is 9.59 Å². The second-order valence-corrected chi connectivity index (χ2v) is 9.90. The third-order valence-electron chi connectivity index (χ3n) is 6.01. The molecule has 0 spiro atoms. The van der Waals surface area contributed by atoms with Gasteiger partial charge in [0.2, 0.25) is 0 Å². The van der Waals surface area contributed by atoms with E-state index in [0.717, 1.165) is 21.7 Å². The lowest BCUT2D eigenvalue weighted by Crippen LogP contribution is -2.30. The van der Waals surface area contributed by atoms with E-state index in [1.54, 1.807) is 52.9 Å². The minimum absolute atomic E-state index is 0.142. The molecule has 8 nitrogen and oxygen atoms in total. The Kier molecular flexibility index (Phi) is 8.43. The topological polar surface area (TPSA) is 102 Å². The highest BCUT2D eigenvalue weighted by atomic mass is 32.2. The average Bonchev–Trinajstić information content (AvgIpc) is 3.47. The quantitative estimate of drug-likeness (QED) is 0.182. The van der Waals surface area contributed by atoms with Crippen molar-refractivity contribution in [3.8, 4) is 5.69 Å². The summed E-state index contributed by atoms with van der Waals surface area (Å²) in [6.45, 7) is 1.95. The van der Waals surface area contributed by atoms with E-state index < -0.39 is 5.91 Å². The average molecular weight is 547 g/mol. The van der Waals surface area contributed by atoms with E-state index in [1.165, 1.54) is 0 Å². The number of nitrogens with one attached hydrogen (secondary N) is 2. The Morgan fingerprint density at radius 2 is 1.60 bits per heavy atom.